The van der Waals surface area contributed by atoms with Gasteiger partial charge in [-0.15, -0.1) is 71.0 Å². The molecule has 0 bridgehead atoms. The number of hydrogen-bond acceptors (Lipinski definition) is 0. The van der Waals surface area contributed by atoms with E-state index in [9.17, 15) is 0 Å². The molecule has 0 amide bonds. The molecule has 7 aromatic carbocycles. The lowest BCUT2D eigenvalue weighted by Gasteiger charge is -2.33. The predicted octanol–water partition coefficient (Wildman–Crippen LogP) is -32.9. The van der Waals surface area contributed by atoms with Gasteiger partial charge in [0.2, 0.25) is 0 Å². The molecule has 7 aromatic rings. The molecule has 0 atom stereocenters. The average molecular weight is 778 g/mol. The van der Waals surface area contributed by atoms with Crippen molar-refractivity contribution in [3.63, 3.8) is 0 Å². The van der Waals surface area contributed by atoms with Crippen LogP contribution < -0.4 is 137 Å². The zero-order valence-electron chi connectivity index (χ0n) is 44.1. The first kappa shape index (κ1) is 47.6. The third kappa shape index (κ3) is 6.63. The highest BCUT2D eigenvalue weighted by Gasteiger charge is 2.30. The van der Waals surface area contributed by atoms with E-state index in [0.29, 0.717) is 0 Å². The second-order valence-electron chi connectivity index (χ2n) is 20.3. The van der Waals surface area contributed by atoms with E-state index in [1.165, 1.54) is 203 Å². The van der Waals surface area contributed by atoms with Crippen LogP contribution in [0.2, 0.25) is 0 Å². The molecule has 0 saturated heterocycles. The van der Waals surface area contributed by atoms with E-state index < -0.39 is 0 Å². The SMILES string of the molecule is Bc1c(B)c(B)c(-c2cc(-c3c(B)c(B)c(B)c(B)c3B)c(B)c(-c3c4c(B)c(B)c(B)c(B)c4c(-c4c(B)c(B)c(B)c(B)c4B)c4c(B)c(B)c(B)c(B)c34)c2B)c(B)c1B. The van der Waals surface area contributed by atoms with Gasteiger partial charge in [0.1, 0.15) is 196 Å². The van der Waals surface area contributed by atoms with E-state index in [1.54, 1.807) is 0 Å². The van der Waals surface area contributed by atoms with Gasteiger partial charge in [-0.05, 0) is 72.1 Å². The minimum Gasteiger partial charge on any atom is -0.102 e. The molecule has 0 heterocycles. The van der Waals surface area contributed by atoms with Gasteiger partial charge in [-0.2, -0.15) is 0 Å². The van der Waals surface area contributed by atoms with E-state index in [0.717, 1.165) is 0 Å². The van der Waals surface area contributed by atoms with E-state index in [-0.39, 0.29) is 0 Å². The fourth-order valence-corrected chi connectivity index (χ4v) is 12.1. The van der Waals surface area contributed by atoms with E-state index in [4.69, 9.17) is 0 Å². The van der Waals surface area contributed by atoms with Crippen molar-refractivity contribution in [2.45, 2.75) is 0 Å². The maximum atomic E-state index is 2.60. The van der Waals surface area contributed by atoms with Crippen LogP contribution in [0.15, 0.2) is 6.07 Å². The van der Waals surface area contributed by atoms with Crippen molar-refractivity contribution < 1.29 is 0 Å². The van der Waals surface area contributed by atoms with Crippen LogP contribution in [0.5, 0.6) is 0 Å². The highest BCUT2D eigenvalue weighted by molar-refractivity contribution is 6.76. The van der Waals surface area contributed by atoms with Gasteiger partial charge < -0.3 is 0 Å². The molecule has 0 spiro atoms. The zero-order chi connectivity index (χ0) is 47.1. The van der Waals surface area contributed by atoms with Gasteiger partial charge in [-0.25, -0.2) is 0 Å². The summed E-state index contributed by atoms with van der Waals surface area (Å²) in [4.78, 5) is 0. The standard InChI is InChI=1S/C38H51B25/c39-14-2(4-16(41)26(51)36(61)27(52)17(4)42)1-3(5-18(43)28(53)37(62)29(54)19(5)44)15(40)12(14)6-8-10(22(47)32(57)30(55)20(8)45)7(11-9(6)21(46)31(56)33(58)23(11)48)13-24(49)34(59)38(63)35(60)25(13)50/h1H,39-63H2. The summed E-state index contributed by atoms with van der Waals surface area (Å²) in [5, 5.41) is 5.68. The first-order valence-electron chi connectivity index (χ1n) is 23.6. The van der Waals surface area contributed by atoms with Crippen molar-refractivity contribution in [1.82, 2.24) is 0 Å². The van der Waals surface area contributed by atoms with Crippen molar-refractivity contribution in [2.75, 3.05) is 0 Å². The largest absolute Gasteiger partial charge is 0.140 e. The molecule has 7 rings (SSSR count). The fraction of sp³-hybridized carbons (Fsp3) is 0. The summed E-state index contributed by atoms with van der Waals surface area (Å²) < 4.78 is 0. The Morgan fingerprint density at radius 2 is 0.302 bits per heavy atom. The van der Waals surface area contributed by atoms with E-state index in [1.807, 2.05) is 0 Å². The van der Waals surface area contributed by atoms with Gasteiger partial charge in [-0.3, -0.25) is 0 Å². The van der Waals surface area contributed by atoms with Crippen LogP contribution >= 0.6 is 0 Å². The number of rotatable bonds is 4. The normalized spacial score (nSPS) is 11.5. The molecule has 0 aliphatic rings. The Balaban J connectivity index is 1.93. The molecule has 0 nitrogen and oxygen atoms in total. The summed E-state index contributed by atoms with van der Waals surface area (Å²) >= 11 is 0. The minimum atomic E-state index is 1.36. The maximum Gasteiger partial charge on any atom is 0.140 e. The topological polar surface area (TPSA) is 0 Å². The van der Waals surface area contributed by atoms with Crippen molar-refractivity contribution in [3.8, 4) is 44.5 Å². The van der Waals surface area contributed by atoms with Crippen LogP contribution in [-0.4, -0.2) is 196 Å². The summed E-state index contributed by atoms with van der Waals surface area (Å²) in [5.74, 6) is 0. The van der Waals surface area contributed by atoms with E-state index in [2.05, 4.69) is 202 Å². The van der Waals surface area contributed by atoms with Crippen LogP contribution in [0, 0.1) is 0 Å². The van der Waals surface area contributed by atoms with Gasteiger partial charge in [0.15, 0.2) is 0 Å². The van der Waals surface area contributed by atoms with Crippen molar-refractivity contribution in [2.24, 2.45) is 0 Å². The molecule has 0 radical (unpaired) electrons. The summed E-state index contributed by atoms with van der Waals surface area (Å²) in [5.41, 5.74) is 46.1. The molecule has 25 heteroatoms. The number of benzene rings is 7. The lowest BCUT2D eigenvalue weighted by molar-refractivity contribution is 1.74. The molecule has 0 unspecified atom stereocenters. The third-order valence-electron chi connectivity index (χ3n) is 18.3. The summed E-state index contributed by atoms with van der Waals surface area (Å²) in [6.07, 6.45) is 0. The fourth-order valence-electron chi connectivity index (χ4n) is 12.1. The Morgan fingerprint density at radius 1 is 0.143 bits per heavy atom. The van der Waals surface area contributed by atoms with Crippen LogP contribution in [-0.2, 0) is 0 Å². The molecule has 63 heavy (non-hydrogen) atoms. The van der Waals surface area contributed by atoms with Crippen molar-refractivity contribution in [1.29, 1.82) is 0 Å². The van der Waals surface area contributed by atoms with Gasteiger partial charge in [0.25, 0.3) is 0 Å². The molecular weight excluding hydrogens is 727 g/mol. The second kappa shape index (κ2) is 16.5. The first-order chi connectivity index (χ1) is 29.3. The Kier molecular flexibility index (Phi) is 12.5. The van der Waals surface area contributed by atoms with Crippen LogP contribution in [0.25, 0.3) is 66.1 Å². The van der Waals surface area contributed by atoms with Gasteiger partial charge in [0.05, 0.1) is 0 Å². The highest BCUT2D eigenvalue weighted by Crippen LogP contribution is 2.40. The lowest BCUT2D eigenvalue weighted by atomic mass is 9.55. The molecular formula is C38H51B25. The van der Waals surface area contributed by atoms with Gasteiger partial charge >= 0.3 is 0 Å². The second-order valence-corrected chi connectivity index (χ2v) is 20.3. The Hall–Kier alpha value is -3.32. The maximum absolute atomic E-state index is 2.60. The zero-order valence-corrected chi connectivity index (χ0v) is 44.1. The molecule has 0 saturated carbocycles. The lowest BCUT2D eigenvalue weighted by Crippen LogP contribution is -2.56. The molecule has 0 aromatic heterocycles. The first-order valence-corrected chi connectivity index (χ1v) is 23.6. The predicted molar refractivity (Wildman–Crippen MR) is 368 cm³/mol. The molecule has 0 N–H and O–H groups in total. The van der Waals surface area contributed by atoms with Gasteiger partial charge in [0, 0.05) is 0 Å². The number of hydrogen-bond donors (Lipinski definition) is 0. The van der Waals surface area contributed by atoms with Crippen LogP contribution in [0.3, 0.4) is 0 Å². The summed E-state index contributed by atoms with van der Waals surface area (Å²) in [7, 11) is 59.3. The molecule has 0 fully saturated rings. The van der Waals surface area contributed by atoms with Crippen molar-refractivity contribution in [3.05, 3.63) is 6.07 Å². The van der Waals surface area contributed by atoms with E-state index >= 15 is 0 Å². The molecule has 0 aliphatic carbocycles. The average Bonchev–Trinajstić information content (AvgIpc) is 3.25. The Morgan fingerprint density at radius 3 is 0.524 bits per heavy atom. The Bertz CT molecular complexity index is 3020. The van der Waals surface area contributed by atoms with Crippen LogP contribution in [0.4, 0.5) is 0 Å². The molecule has 0 aliphatic heterocycles. The van der Waals surface area contributed by atoms with Crippen LogP contribution in [0.1, 0.15) is 0 Å². The highest BCUT2D eigenvalue weighted by atomic mass is 14.3. The quantitative estimate of drug-likeness (QED) is 0.123. The summed E-state index contributed by atoms with van der Waals surface area (Å²) in [6, 6.07) is 2.60. The summed E-state index contributed by atoms with van der Waals surface area (Å²) in [6.45, 7) is 0. The molecule has 278 valence electrons. The van der Waals surface area contributed by atoms with Crippen molar-refractivity contribution >= 4 is 354 Å². The van der Waals surface area contributed by atoms with Gasteiger partial charge in [-0.1, -0.05) is 65.6 Å². The minimum absolute atomic E-state index is 1.36. The number of fused-ring (bicyclic) bond motifs is 2. The third-order valence-corrected chi connectivity index (χ3v) is 18.3. The monoisotopic (exact) mass is 783 g/mol. The smallest absolute Gasteiger partial charge is 0.102 e. The Labute approximate surface area is 402 Å².